The topological polar surface area (TPSA) is 18.5 Å². The molecule has 128 valence electrons. The Hall–Kier alpha value is -0.0800. The van der Waals surface area contributed by atoms with Gasteiger partial charge in [0.2, 0.25) is 0 Å². The van der Waals surface area contributed by atoms with Crippen LogP contribution in [0.5, 0.6) is 0 Å². The minimum atomic E-state index is 0.515. The monoisotopic (exact) mass is 308 g/mol. The van der Waals surface area contributed by atoms with E-state index >= 15 is 0 Å². The van der Waals surface area contributed by atoms with Gasteiger partial charge in [-0.15, -0.1) is 0 Å². The third-order valence-corrected chi connectivity index (χ3v) is 6.24. The van der Waals surface area contributed by atoms with Crippen molar-refractivity contribution < 1.29 is 9.47 Å². The van der Waals surface area contributed by atoms with Crippen LogP contribution in [-0.4, -0.2) is 24.4 Å². The SMILES string of the molecule is CC1CCC(OC2CCC(OC3CCCC(C)C3)CC2)CC1. The van der Waals surface area contributed by atoms with Crippen LogP contribution >= 0.6 is 0 Å². The van der Waals surface area contributed by atoms with Crippen LogP contribution in [0.25, 0.3) is 0 Å². The zero-order chi connectivity index (χ0) is 15.4. The maximum absolute atomic E-state index is 6.40. The minimum absolute atomic E-state index is 0.515. The van der Waals surface area contributed by atoms with Crippen LogP contribution in [-0.2, 0) is 9.47 Å². The summed E-state index contributed by atoms with van der Waals surface area (Å²) in [5, 5.41) is 0. The van der Waals surface area contributed by atoms with E-state index in [9.17, 15) is 0 Å². The Morgan fingerprint density at radius 3 is 1.55 bits per heavy atom. The van der Waals surface area contributed by atoms with Gasteiger partial charge in [0, 0.05) is 0 Å². The molecule has 0 N–H and O–H groups in total. The first-order valence-electron chi connectivity index (χ1n) is 10.00. The number of hydrogen-bond acceptors (Lipinski definition) is 2. The molecule has 0 saturated heterocycles. The average molecular weight is 309 g/mol. The first-order chi connectivity index (χ1) is 10.7. The van der Waals surface area contributed by atoms with E-state index in [1.807, 2.05) is 0 Å². The fourth-order valence-electron chi connectivity index (χ4n) is 4.72. The molecule has 0 aromatic heterocycles. The molecule has 0 aromatic carbocycles. The van der Waals surface area contributed by atoms with Gasteiger partial charge in [0.15, 0.2) is 0 Å². The summed E-state index contributed by atoms with van der Waals surface area (Å²) < 4.78 is 12.8. The molecule has 3 saturated carbocycles. The predicted octanol–water partition coefficient (Wildman–Crippen LogP) is 5.49. The molecule has 0 aromatic rings. The summed E-state index contributed by atoms with van der Waals surface area (Å²) in [6.07, 6.45) is 17.7. The quantitative estimate of drug-likeness (QED) is 0.684. The highest BCUT2D eigenvalue weighted by Crippen LogP contribution is 2.33. The molecular weight excluding hydrogens is 272 g/mol. The highest BCUT2D eigenvalue weighted by atomic mass is 16.5. The lowest BCUT2D eigenvalue weighted by atomic mass is 9.87. The molecule has 0 spiro atoms. The van der Waals surface area contributed by atoms with Crippen molar-refractivity contribution in [2.75, 3.05) is 0 Å². The van der Waals surface area contributed by atoms with Gasteiger partial charge in [-0.25, -0.2) is 0 Å². The largest absolute Gasteiger partial charge is 0.375 e. The van der Waals surface area contributed by atoms with Crippen LogP contribution < -0.4 is 0 Å². The highest BCUT2D eigenvalue weighted by Gasteiger charge is 2.29. The lowest BCUT2D eigenvalue weighted by Crippen LogP contribution is -2.34. The molecule has 2 unspecified atom stereocenters. The lowest BCUT2D eigenvalue weighted by Gasteiger charge is -2.36. The molecule has 0 amide bonds. The Morgan fingerprint density at radius 1 is 0.500 bits per heavy atom. The maximum atomic E-state index is 6.40. The summed E-state index contributed by atoms with van der Waals surface area (Å²) in [5.74, 6) is 1.79. The van der Waals surface area contributed by atoms with Crippen molar-refractivity contribution in [3.63, 3.8) is 0 Å². The fraction of sp³-hybridized carbons (Fsp3) is 1.00. The normalized spacial score (nSPS) is 43.9. The smallest absolute Gasteiger partial charge is 0.0581 e. The van der Waals surface area contributed by atoms with Crippen LogP contribution in [0.1, 0.15) is 90.9 Å². The van der Waals surface area contributed by atoms with Gasteiger partial charge in [0.05, 0.1) is 24.4 Å². The van der Waals surface area contributed by atoms with Gasteiger partial charge in [-0.3, -0.25) is 0 Å². The molecule has 3 rings (SSSR count). The molecular formula is C20H36O2. The average Bonchev–Trinajstić information content (AvgIpc) is 2.52. The second-order valence-electron chi connectivity index (χ2n) is 8.45. The summed E-state index contributed by atoms with van der Waals surface area (Å²) in [7, 11) is 0. The maximum Gasteiger partial charge on any atom is 0.0581 e. The standard InChI is InChI=1S/C20H36O2/c1-15-6-8-17(9-7-15)21-18-10-12-19(13-11-18)22-20-5-3-4-16(2)14-20/h15-20H,3-14H2,1-2H3. The molecule has 3 fully saturated rings. The molecule has 22 heavy (non-hydrogen) atoms. The van der Waals surface area contributed by atoms with Crippen LogP contribution in [0.2, 0.25) is 0 Å². The minimum Gasteiger partial charge on any atom is -0.375 e. The van der Waals surface area contributed by atoms with Crippen LogP contribution in [0, 0.1) is 11.8 Å². The first kappa shape index (κ1) is 16.8. The molecule has 2 heteroatoms. The van der Waals surface area contributed by atoms with Crippen molar-refractivity contribution in [2.45, 2.75) is 115 Å². The zero-order valence-corrected chi connectivity index (χ0v) is 14.8. The Morgan fingerprint density at radius 2 is 1.00 bits per heavy atom. The summed E-state index contributed by atoms with van der Waals surface area (Å²) in [6, 6.07) is 0. The third kappa shape index (κ3) is 4.96. The Balaban J connectivity index is 1.33. The van der Waals surface area contributed by atoms with Crippen molar-refractivity contribution in [3.8, 4) is 0 Å². The second kappa shape index (κ2) is 8.15. The van der Waals surface area contributed by atoms with Gasteiger partial charge in [-0.2, -0.15) is 0 Å². The van der Waals surface area contributed by atoms with Crippen LogP contribution in [0.3, 0.4) is 0 Å². The van der Waals surface area contributed by atoms with Gasteiger partial charge < -0.3 is 9.47 Å². The molecule has 2 nitrogen and oxygen atoms in total. The van der Waals surface area contributed by atoms with E-state index in [1.54, 1.807) is 0 Å². The van der Waals surface area contributed by atoms with E-state index in [0.717, 1.165) is 11.8 Å². The van der Waals surface area contributed by atoms with E-state index in [4.69, 9.17) is 9.47 Å². The van der Waals surface area contributed by atoms with Crippen molar-refractivity contribution >= 4 is 0 Å². The van der Waals surface area contributed by atoms with Crippen molar-refractivity contribution in [1.82, 2.24) is 0 Å². The summed E-state index contributed by atoms with van der Waals surface area (Å²) in [6.45, 7) is 4.76. The third-order valence-electron chi connectivity index (χ3n) is 6.24. The van der Waals surface area contributed by atoms with Crippen molar-refractivity contribution in [1.29, 1.82) is 0 Å². The Labute approximate surface area is 137 Å². The fourth-order valence-corrected chi connectivity index (χ4v) is 4.72. The van der Waals surface area contributed by atoms with Gasteiger partial charge in [0.25, 0.3) is 0 Å². The van der Waals surface area contributed by atoms with Gasteiger partial charge in [-0.1, -0.05) is 26.7 Å². The Bertz CT molecular complexity index is 314. The molecule has 3 aliphatic rings. The van der Waals surface area contributed by atoms with Crippen LogP contribution in [0.4, 0.5) is 0 Å². The molecule has 3 aliphatic carbocycles. The summed E-state index contributed by atoms with van der Waals surface area (Å²) >= 11 is 0. The summed E-state index contributed by atoms with van der Waals surface area (Å²) in [5.41, 5.74) is 0. The molecule has 0 bridgehead atoms. The number of rotatable bonds is 4. The first-order valence-corrected chi connectivity index (χ1v) is 10.00. The van der Waals surface area contributed by atoms with Gasteiger partial charge in [0.1, 0.15) is 0 Å². The van der Waals surface area contributed by atoms with E-state index in [0.29, 0.717) is 24.4 Å². The van der Waals surface area contributed by atoms with E-state index in [1.165, 1.54) is 77.0 Å². The number of ether oxygens (including phenoxy) is 2. The second-order valence-corrected chi connectivity index (χ2v) is 8.45. The highest BCUT2D eigenvalue weighted by molar-refractivity contribution is 4.79. The Kier molecular flexibility index (Phi) is 6.21. The van der Waals surface area contributed by atoms with Gasteiger partial charge in [-0.05, 0) is 76.0 Å². The van der Waals surface area contributed by atoms with Crippen molar-refractivity contribution in [2.24, 2.45) is 11.8 Å². The van der Waals surface area contributed by atoms with Crippen LogP contribution in [0.15, 0.2) is 0 Å². The molecule has 0 aliphatic heterocycles. The molecule has 0 heterocycles. The van der Waals surface area contributed by atoms with Crippen molar-refractivity contribution in [3.05, 3.63) is 0 Å². The molecule has 0 radical (unpaired) electrons. The zero-order valence-electron chi connectivity index (χ0n) is 14.8. The number of hydrogen-bond donors (Lipinski definition) is 0. The lowest BCUT2D eigenvalue weighted by molar-refractivity contribution is -0.0966. The van der Waals surface area contributed by atoms with Gasteiger partial charge >= 0.3 is 0 Å². The van der Waals surface area contributed by atoms with E-state index in [2.05, 4.69) is 13.8 Å². The van der Waals surface area contributed by atoms with E-state index in [-0.39, 0.29) is 0 Å². The van der Waals surface area contributed by atoms with E-state index < -0.39 is 0 Å². The summed E-state index contributed by atoms with van der Waals surface area (Å²) in [4.78, 5) is 0. The molecule has 2 atom stereocenters. The predicted molar refractivity (Wildman–Crippen MR) is 91.1 cm³/mol.